The smallest absolute Gasteiger partial charge is 0.226 e. The average Bonchev–Trinajstić information content (AvgIpc) is 2.76. The lowest BCUT2D eigenvalue weighted by atomic mass is 10.4. The van der Waals surface area contributed by atoms with Crippen LogP contribution in [-0.4, -0.2) is 32.9 Å². The third-order valence-electron chi connectivity index (χ3n) is 2.31. The summed E-state index contributed by atoms with van der Waals surface area (Å²) in [5.74, 6) is 1.16. The van der Waals surface area contributed by atoms with E-state index in [9.17, 15) is 0 Å². The van der Waals surface area contributed by atoms with E-state index in [4.69, 9.17) is 4.74 Å². The van der Waals surface area contributed by atoms with Crippen molar-refractivity contribution in [2.45, 2.75) is 20.4 Å². The maximum atomic E-state index is 5.31. The fourth-order valence-corrected chi connectivity index (χ4v) is 1.53. The third kappa shape index (κ3) is 3.44. The Morgan fingerprint density at radius 3 is 3.06 bits per heavy atom. The summed E-state index contributed by atoms with van der Waals surface area (Å²) in [6.07, 6.45) is 5.52. The molecule has 18 heavy (non-hydrogen) atoms. The van der Waals surface area contributed by atoms with Crippen LogP contribution in [0.5, 0.6) is 5.88 Å². The fraction of sp³-hybridized carbons (Fsp3) is 0.417. The van der Waals surface area contributed by atoms with Gasteiger partial charge in [-0.05, 0) is 19.4 Å². The molecule has 0 radical (unpaired) electrons. The highest BCUT2D eigenvalue weighted by molar-refractivity contribution is 5.27. The third-order valence-corrected chi connectivity index (χ3v) is 2.31. The van der Waals surface area contributed by atoms with Gasteiger partial charge in [0.25, 0.3) is 0 Å². The highest BCUT2D eigenvalue weighted by Crippen LogP contribution is 2.07. The molecule has 0 spiro atoms. The summed E-state index contributed by atoms with van der Waals surface area (Å²) in [7, 11) is 0. The first-order valence-corrected chi connectivity index (χ1v) is 5.96. The minimum absolute atomic E-state index is 0.574. The number of nitrogens with one attached hydrogen (secondary N) is 1. The van der Waals surface area contributed by atoms with Crippen molar-refractivity contribution < 1.29 is 4.74 Å². The van der Waals surface area contributed by atoms with Crippen molar-refractivity contribution in [2.24, 2.45) is 0 Å². The molecule has 0 bridgehead atoms. The van der Waals surface area contributed by atoms with Crippen LogP contribution in [0.15, 0.2) is 24.7 Å². The highest BCUT2D eigenvalue weighted by Gasteiger charge is 1.99. The Morgan fingerprint density at radius 2 is 2.33 bits per heavy atom. The molecule has 2 heterocycles. The van der Waals surface area contributed by atoms with Crippen LogP contribution in [0.2, 0.25) is 0 Å². The first-order chi connectivity index (χ1) is 8.78. The highest BCUT2D eigenvalue weighted by atomic mass is 16.5. The van der Waals surface area contributed by atoms with Crippen molar-refractivity contribution in [1.29, 1.82) is 0 Å². The zero-order valence-electron chi connectivity index (χ0n) is 10.6. The minimum atomic E-state index is 0.574. The predicted molar refractivity (Wildman–Crippen MR) is 68.7 cm³/mol. The van der Waals surface area contributed by atoms with Crippen LogP contribution in [-0.2, 0) is 6.54 Å². The molecule has 0 atom stereocenters. The van der Waals surface area contributed by atoms with Gasteiger partial charge in [-0.2, -0.15) is 10.1 Å². The van der Waals surface area contributed by atoms with Gasteiger partial charge in [-0.15, -0.1) is 0 Å². The summed E-state index contributed by atoms with van der Waals surface area (Å²) in [6, 6.07) is 1.74. The van der Waals surface area contributed by atoms with E-state index in [2.05, 4.69) is 20.4 Å². The Balaban J connectivity index is 1.84. The lowest BCUT2D eigenvalue weighted by Gasteiger charge is -2.06. The van der Waals surface area contributed by atoms with Crippen LogP contribution in [0.3, 0.4) is 0 Å². The van der Waals surface area contributed by atoms with E-state index in [0.717, 1.165) is 18.7 Å². The Bertz CT molecular complexity index is 497. The number of rotatable bonds is 6. The van der Waals surface area contributed by atoms with Crippen molar-refractivity contribution in [3.63, 3.8) is 0 Å². The van der Waals surface area contributed by atoms with Crippen molar-refractivity contribution in [2.75, 3.05) is 18.5 Å². The zero-order chi connectivity index (χ0) is 12.8. The largest absolute Gasteiger partial charge is 0.478 e. The van der Waals surface area contributed by atoms with Gasteiger partial charge in [0.2, 0.25) is 11.8 Å². The zero-order valence-corrected chi connectivity index (χ0v) is 10.6. The molecule has 0 fully saturated rings. The van der Waals surface area contributed by atoms with Gasteiger partial charge in [0.1, 0.15) is 0 Å². The van der Waals surface area contributed by atoms with Gasteiger partial charge < -0.3 is 10.1 Å². The summed E-state index contributed by atoms with van der Waals surface area (Å²) < 4.78 is 7.19. The number of nitrogens with zero attached hydrogens (tertiary/aromatic N) is 4. The maximum absolute atomic E-state index is 5.31. The van der Waals surface area contributed by atoms with Crippen molar-refractivity contribution >= 4 is 5.95 Å². The summed E-state index contributed by atoms with van der Waals surface area (Å²) in [5, 5.41) is 7.34. The predicted octanol–water partition coefficient (Wildman–Crippen LogP) is 1.49. The van der Waals surface area contributed by atoms with Crippen LogP contribution >= 0.6 is 0 Å². The van der Waals surface area contributed by atoms with E-state index in [-0.39, 0.29) is 0 Å². The molecule has 2 aromatic heterocycles. The molecular formula is C12H17N5O. The Labute approximate surface area is 106 Å². The van der Waals surface area contributed by atoms with Gasteiger partial charge in [-0.25, -0.2) is 4.98 Å². The maximum Gasteiger partial charge on any atom is 0.226 e. The SMILES string of the molecule is CCOc1ccnc(NCCn2cc(C)cn2)n1. The van der Waals surface area contributed by atoms with Gasteiger partial charge in [0.15, 0.2) is 0 Å². The van der Waals surface area contributed by atoms with E-state index in [1.54, 1.807) is 12.3 Å². The van der Waals surface area contributed by atoms with Crippen LogP contribution in [0.4, 0.5) is 5.95 Å². The molecule has 6 nitrogen and oxygen atoms in total. The second-order valence-electron chi connectivity index (χ2n) is 3.86. The number of aromatic nitrogens is 4. The second kappa shape index (κ2) is 6.00. The summed E-state index contributed by atoms with van der Waals surface area (Å²) in [5.41, 5.74) is 1.16. The molecule has 2 aromatic rings. The molecule has 0 aliphatic rings. The first kappa shape index (κ1) is 12.3. The average molecular weight is 247 g/mol. The monoisotopic (exact) mass is 247 g/mol. The lowest BCUT2D eigenvalue weighted by molar-refractivity contribution is 0.326. The number of hydrogen-bond acceptors (Lipinski definition) is 5. The number of hydrogen-bond donors (Lipinski definition) is 1. The van der Waals surface area contributed by atoms with E-state index in [0.29, 0.717) is 18.4 Å². The molecule has 6 heteroatoms. The van der Waals surface area contributed by atoms with Crippen LogP contribution in [0.25, 0.3) is 0 Å². The Kier molecular flexibility index (Phi) is 4.11. The Morgan fingerprint density at radius 1 is 1.44 bits per heavy atom. The molecular weight excluding hydrogens is 230 g/mol. The van der Waals surface area contributed by atoms with Gasteiger partial charge >= 0.3 is 0 Å². The van der Waals surface area contributed by atoms with E-state index in [1.165, 1.54) is 0 Å². The lowest BCUT2D eigenvalue weighted by Crippen LogP contribution is -2.12. The molecule has 0 amide bonds. The van der Waals surface area contributed by atoms with E-state index in [1.807, 2.05) is 30.9 Å². The number of aryl methyl sites for hydroxylation is 1. The number of anilines is 1. The summed E-state index contributed by atoms with van der Waals surface area (Å²) in [6.45, 7) is 6.04. The van der Waals surface area contributed by atoms with Gasteiger partial charge in [0.05, 0.1) is 19.3 Å². The summed E-state index contributed by atoms with van der Waals surface area (Å²) >= 11 is 0. The quantitative estimate of drug-likeness (QED) is 0.837. The normalized spacial score (nSPS) is 10.3. The molecule has 0 saturated carbocycles. The van der Waals surface area contributed by atoms with Gasteiger partial charge in [-0.3, -0.25) is 4.68 Å². The molecule has 0 aliphatic heterocycles. The van der Waals surface area contributed by atoms with Crippen molar-refractivity contribution in [1.82, 2.24) is 19.7 Å². The number of ether oxygens (including phenoxy) is 1. The van der Waals surface area contributed by atoms with Gasteiger partial charge in [0, 0.05) is 25.0 Å². The fourth-order valence-electron chi connectivity index (χ4n) is 1.53. The standard InChI is InChI=1S/C12H17N5O/c1-3-18-11-4-5-13-12(16-11)14-6-7-17-9-10(2)8-15-17/h4-5,8-9H,3,6-7H2,1-2H3,(H,13,14,16). The van der Waals surface area contributed by atoms with E-state index >= 15 is 0 Å². The molecule has 0 unspecified atom stereocenters. The molecule has 0 saturated heterocycles. The molecule has 2 rings (SSSR count). The van der Waals surface area contributed by atoms with Gasteiger partial charge in [-0.1, -0.05) is 0 Å². The molecule has 0 aromatic carbocycles. The minimum Gasteiger partial charge on any atom is -0.478 e. The van der Waals surface area contributed by atoms with Crippen LogP contribution in [0.1, 0.15) is 12.5 Å². The molecule has 96 valence electrons. The first-order valence-electron chi connectivity index (χ1n) is 5.96. The Hall–Kier alpha value is -2.11. The van der Waals surface area contributed by atoms with Crippen molar-refractivity contribution in [3.8, 4) is 5.88 Å². The molecule has 1 N–H and O–H groups in total. The molecule has 0 aliphatic carbocycles. The van der Waals surface area contributed by atoms with Crippen molar-refractivity contribution in [3.05, 3.63) is 30.2 Å². The second-order valence-corrected chi connectivity index (χ2v) is 3.86. The van der Waals surface area contributed by atoms with E-state index < -0.39 is 0 Å². The topological polar surface area (TPSA) is 64.9 Å². The van der Waals surface area contributed by atoms with Crippen LogP contribution < -0.4 is 10.1 Å². The van der Waals surface area contributed by atoms with Crippen LogP contribution in [0, 0.1) is 6.92 Å². The summed E-state index contributed by atoms with van der Waals surface area (Å²) in [4.78, 5) is 8.35.